The van der Waals surface area contributed by atoms with Gasteiger partial charge in [0.15, 0.2) is 0 Å². The van der Waals surface area contributed by atoms with E-state index in [-0.39, 0.29) is 12.0 Å². The second-order valence-electron chi connectivity index (χ2n) is 4.44. The van der Waals surface area contributed by atoms with E-state index in [4.69, 9.17) is 9.47 Å². The Morgan fingerprint density at radius 3 is 3.16 bits per heavy atom. The van der Waals surface area contributed by atoms with Gasteiger partial charge in [0.25, 0.3) is 5.91 Å². The summed E-state index contributed by atoms with van der Waals surface area (Å²) in [6, 6.07) is 3.52. The summed E-state index contributed by atoms with van der Waals surface area (Å²) in [7, 11) is 0. The van der Waals surface area contributed by atoms with E-state index in [0.29, 0.717) is 37.7 Å². The third-order valence-corrected chi connectivity index (χ3v) is 3.16. The van der Waals surface area contributed by atoms with Crippen molar-refractivity contribution >= 4 is 5.91 Å². The van der Waals surface area contributed by atoms with Gasteiger partial charge in [-0.1, -0.05) is 6.92 Å². The van der Waals surface area contributed by atoms with Gasteiger partial charge in [-0.3, -0.25) is 4.79 Å². The molecule has 19 heavy (non-hydrogen) atoms. The van der Waals surface area contributed by atoms with Crippen LogP contribution in [0.3, 0.4) is 0 Å². The number of amides is 1. The Labute approximate surface area is 113 Å². The summed E-state index contributed by atoms with van der Waals surface area (Å²) in [6.45, 7) is 6.29. The van der Waals surface area contributed by atoms with E-state index in [9.17, 15) is 4.79 Å². The molecule has 1 aliphatic heterocycles. The molecule has 5 nitrogen and oxygen atoms in total. The highest BCUT2D eigenvalue weighted by Crippen LogP contribution is 2.19. The number of carbonyl (C=O) groups excluding carboxylic acids is 1. The van der Waals surface area contributed by atoms with Gasteiger partial charge in [-0.2, -0.15) is 0 Å². The third kappa shape index (κ3) is 3.23. The van der Waals surface area contributed by atoms with Crippen LogP contribution in [0.2, 0.25) is 0 Å². The maximum atomic E-state index is 12.5. The Balaban J connectivity index is 2.14. The summed E-state index contributed by atoms with van der Waals surface area (Å²) in [5.41, 5.74) is 0.529. The Hall–Kier alpha value is -1.62. The van der Waals surface area contributed by atoms with Crippen molar-refractivity contribution in [2.45, 2.75) is 26.4 Å². The van der Waals surface area contributed by atoms with E-state index in [1.807, 2.05) is 11.8 Å². The standard InChI is InChI=1S/C14H20N2O3/c1-3-11-10-16(8-9-19-11)14(17)12-6-5-7-15-13(12)18-4-2/h5-7,11H,3-4,8-10H2,1-2H3. The molecule has 104 valence electrons. The zero-order valence-electron chi connectivity index (χ0n) is 11.5. The predicted molar refractivity (Wildman–Crippen MR) is 71.3 cm³/mol. The van der Waals surface area contributed by atoms with Crippen LogP contribution in [0.1, 0.15) is 30.6 Å². The Morgan fingerprint density at radius 2 is 2.42 bits per heavy atom. The van der Waals surface area contributed by atoms with Gasteiger partial charge < -0.3 is 14.4 Å². The monoisotopic (exact) mass is 264 g/mol. The number of pyridine rings is 1. The van der Waals surface area contributed by atoms with Crippen LogP contribution in [0.15, 0.2) is 18.3 Å². The predicted octanol–water partition coefficient (Wildman–Crippen LogP) is 1.73. The van der Waals surface area contributed by atoms with Crippen LogP contribution >= 0.6 is 0 Å². The van der Waals surface area contributed by atoms with Crippen molar-refractivity contribution in [2.24, 2.45) is 0 Å². The first-order valence-electron chi connectivity index (χ1n) is 6.75. The molecular formula is C14H20N2O3. The number of hydrogen-bond acceptors (Lipinski definition) is 4. The van der Waals surface area contributed by atoms with Gasteiger partial charge in [-0.25, -0.2) is 4.98 Å². The molecule has 1 aromatic heterocycles. The van der Waals surface area contributed by atoms with Gasteiger partial charge in [0, 0.05) is 19.3 Å². The molecule has 0 radical (unpaired) electrons. The first-order chi connectivity index (χ1) is 9.26. The second-order valence-corrected chi connectivity index (χ2v) is 4.44. The van der Waals surface area contributed by atoms with E-state index in [0.717, 1.165) is 6.42 Å². The highest BCUT2D eigenvalue weighted by molar-refractivity contribution is 5.96. The lowest BCUT2D eigenvalue weighted by Gasteiger charge is -2.32. The van der Waals surface area contributed by atoms with E-state index in [2.05, 4.69) is 11.9 Å². The summed E-state index contributed by atoms with van der Waals surface area (Å²) in [5.74, 6) is 0.382. The average Bonchev–Trinajstić information content (AvgIpc) is 2.47. The molecule has 5 heteroatoms. The van der Waals surface area contributed by atoms with Crippen molar-refractivity contribution in [3.63, 3.8) is 0 Å². The van der Waals surface area contributed by atoms with E-state index in [1.165, 1.54) is 0 Å². The van der Waals surface area contributed by atoms with Gasteiger partial charge in [0.2, 0.25) is 5.88 Å². The quantitative estimate of drug-likeness (QED) is 0.831. The summed E-state index contributed by atoms with van der Waals surface area (Å²) >= 11 is 0. The van der Waals surface area contributed by atoms with Crippen molar-refractivity contribution in [2.75, 3.05) is 26.3 Å². The average molecular weight is 264 g/mol. The molecule has 1 saturated heterocycles. The van der Waals surface area contributed by atoms with Gasteiger partial charge in [-0.05, 0) is 25.5 Å². The van der Waals surface area contributed by atoms with Crippen molar-refractivity contribution in [3.8, 4) is 5.88 Å². The van der Waals surface area contributed by atoms with Gasteiger partial charge in [0.05, 0.1) is 19.3 Å². The van der Waals surface area contributed by atoms with Crippen molar-refractivity contribution in [1.29, 1.82) is 0 Å². The summed E-state index contributed by atoms with van der Waals surface area (Å²) in [4.78, 5) is 18.4. The molecule has 1 atom stereocenters. The summed E-state index contributed by atoms with van der Waals surface area (Å²) in [5, 5.41) is 0. The zero-order chi connectivity index (χ0) is 13.7. The van der Waals surface area contributed by atoms with Crippen LogP contribution in [0, 0.1) is 0 Å². The molecule has 0 spiro atoms. The Kier molecular flexibility index (Phi) is 4.74. The first kappa shape index (κ1) is 13.8. The van der Waals surface area contributed by atoms with Crippen LogP contribution in [0.5, 0.6) is 5.88 Å². The zero-order valence-corrected chi connectivity index (χ0v) is 11.5. The number of rotatable bonds is 4. The minimum absolute atomic E-state index is 0.0294. The molecule has 1 aliphatic rings. The molecule has 1 aromatic rings. The number of carbonyl (C=O) groups is 1. The molecule has 0 aliphatic carbocycles. The summed E-state index contributed by atoms with van der Waals surface area (Å²) < 4.78 is 11.0. The highest BCUT2D eigenvalue weighted by Gasteiger charge is 2.26. The molecule has 1 amide bonds. The molecule has 1 unspecified atom stereocenters. The van der Waals surface area contributed by atoms with Gasteiger partial charge in [0.1, 0.15) is 5.56 Å². The molecule has 1 fully saturated rings. The van der Waals surface area contributed by atoms with Crippen molar-refractivity contribution in [1.82, 2.24) is 9.88 Å². The lowest BCUT2D eigenvalue weighted by atomic mass is 10.2. The highest BCUT2D eigenvalue weighted by atomic mass is 16.5. The fourth-order valence-corrected chi connectivity index (χ4v) is 2.13. The molecule has 0 saturated carbocycles. The van der Waals surface area contributed by atoms with Crippen LogP contribution in [0.25, 0.3) is 0 Å². The third-order valence-electron chi connectivity index (χ3n) is 3.16. The molecule has 0 aromatic carbocycles. The Bertz CT molecular complexity index is 436. The lowest BCUT2D eigenvalue weighted by molar-refractivity contribution is -0.0227. The van der Waals surface area contributed by atoms with Crippen molar-refractivity contribution in [3.05, 3.63) is 23.9 Å². The maximum absolute atomic E-state index is 12.5. The van der Waals surface area contributed by atoms with Gasteiger partial charge in [-0.15, -0.1) is 0 Å². The normalized spacial score (nSPS) is 19.3. The lowest BCUT2D eigenvalue weighted by Crippen LogP contribution is -2.45. The minimum atomic E-state index is -0.0294. The van der Waals surface area contributed by atoms with Gasteiger partial charge >= 0.3 is 0 Å². The largest absolute Gasteiger partial charge is 0.477 e. The van der Waals surface area contributed by atoms with E-state index >= 15 is 0 Å². The number of ether oxygens (including phenoxy) is 2. The van der Waals surface area contributed by atoms with Crippen LogP contribution in [0.4, 0.5) is 0 Å². The molecule has 2 heterocycles. The summed E-state index contributed by atoms with van der Waals surface area (Å²) in [6.07, 6.45) is 2.68. The van der Waals surface area contributed by atoms with Crippen LogP contribution in [-0.2, 0) is 4.74 Å². The minimum Gasteiger partial charge on any atom is -0.477 e. The SMILES string of the molecule is CCOc1ncccc1C(=O)N1CCOC(CC)C1. The topological polar surface area (TPSA) is 51.7 Å². The molecular weight excluding hydrogens is 244 g/mol. The smallest absolute Gasteiger partial charge is 0.259 e. The van der Waals surface area contributed by atoms with Crippen molar-refractivity contribution < 1.29 is 14.3 Å². The van der Waals surface area contributed by atoms with E-state index in [1.54, 1.807) is 18.3 Å². The number of hydrogen-bond donors (Lipinski definition) is 0. The molecule has 0 bridgehead atoms. The Morgan fingerprint density at radius 1 is 1.58 bits per heavy atom. The fourth-order valence-electron chi connectivity index (χ4n) is 2.13. The molecule has 2 rings (SSSR count). The van der Waals surface area contributed by atoms with E-state index < -0.39 is 0 Å². The van der Waals surface area contributed by atoms with Crippen LogP contribution < -0.4 is 4.74 Å². The fraction of sp³-hybridized carbons (Fsp3) is 0.571. The maximum Gasteiger partial charge on any atom is 0.259 e. The molecule has 0 N–H and O–H groups in total. The first-order valence-corrected chi connectivity index (χ1v) is 6.75. The number of morpholine rings is 1. The second kappa shape index (κ2) is 6.52. The number of aromatic nitrogens is 1. The van der Waals surface area contributed by atoms with Crippen LogP contribution in [-0.4, -0.2) is 48.2 Å². The number of nitrogens with zero attached hydrogens (tertiary/aromatic N) is 2.